The molecule has 0 saturated carbocycles. The summed E-state index contributed by atoms with van der Waals surface area (Å²) in [5.41, 5.74) is 2.15. The fourth-order valence-corrected chi connectivity index (χ4v) is 5.47. The average molecular weight is 528 g/mol. The molecule has 0 aliphatic heterocycles. The first kappa shape index (κ1) is 27.2. The Morgan fingerprint density at radius 3 is 2.22 bits per heavy atom. The number of hydrogen-bond acceptors (Lipinski definition) is 4. The van der Waals surface area contributed by atoms with Crippen molar-refractivity contribution in [1.29, 1.82) is 0 Å². The van der Waals surface area contributed by atoms with Crippen LogP contribution < -0.4 is 9.62 Å². The minimum atomic E-state index is -4.11. The molecule has 1 N–H and O–H groups in total. The maximum atomic E-state index is 13.8. The van der Waals surface area contributed by atoms with Crippen LogP contribution in [-0.4, -0.2) is 44.8 Å². The zero-order valence-corrected chi connectivity index (χ0v) is 22.1. The molecule has 0 fully saturated rings. The number of rotatable bonds is 10. The highest BCUT2D eigenvalue weighted by molar-refractivity contribution is 7.92. The number of carbonyl (C=O) groups is 2. The second-order valence-electron chi connectivity index (χ2n) is 8.35. The van der Waals surface area contributed by atoms with Crippen molar-refractivity contribution in [2.45, 2.75) is 37.8 Å². The largest absolute Gasteiger partial charge is 0.357 e. The summed E-state index contributed by atoms with van der Waals surface area (Å²) in [5.74, 6) is -0.830. The van der Waals surface area contributed by atoms with Gasteiger partial charge in [-0.15, -0.1) is 0 Å². The highest BCUT2D eigenvalue weighted by Crippen LogP contribution is 2.27. The fourth-order valence-electron chi connectivity index (χ4n) is 3.86. The van der Waals surface area contributed by atoms with Gasteiger partial charge in [-0.1, -0.05) is 72.6 Å². The number of carbonyl (C=O) groups excluding carboxylic acids is 2. The Bertz CT molecular complexity index is 1300. The monoisotopic (exact) mass is 527 g/mol. The molecule has 0 aliphatic carbocycles. The van der Waals surface area contributed by atoms with Crippen LogP contribution in [-0.2, 0) is 26.2 Å². The van der Waals surface area contributed by atoms with Gasteiger partial charge in [-0.2, -0.15) is 0 Å². The summed E-state index contributed by atoms with van der Waals surface area (Å²) >= 11 is 6.17. The van der Waals surface area contributed by atoms with E-state index in [1.54, 1.807) is 36.4 Å². The third-order valence-electron chi connectivity index (χ3n) is 5.81. The number of amides is 2. The van der Waals surface area contributed by atoms with E-state index >= 15 is 0 Å². The zero-order valence-electron chi connectivity index (χ0n) is 20.5. The molecule has 9 heteroatoms. The van der Waals surface area contributed by atoms with Crippen LogP contribution >= 0.6 is 11.6 Å². The zero-order chi connectivity index (χ0) is 26.3. The lowest BCUT2D eigenvalue weighted by Crippen LogP contribution is -2.51. The van der Waals surface area contributed by atoms with Crippen LogP contribution in [0.25, 0.3) is 0 Å². The van der Waals surface area contributed by atoms with Crippen molar-refractivity contribution < 1.29 is 18.0 Å². The normalized spacial score (nSPS) is 12.0. The van der Waals surface area contributed by atoms with E-state index in [1.165, 1.54) is 30.1 Å². The fraction of sp³-hybridized carbons (Fsp3) is 0.259. The molecule has 190 valence electrons. The van der Waals surface area contributed by atoms with Crippen LogP contribution in [0.4, 0.5) is 5.69 Å². The molecule has 0 unspecified atom stereocenters. The number of hydrogen-bond donors (Lipinski definition) is 1. The average Bonchev–Trinajstić information content (AvgIpc) is 2.88. The van der Waals surface area contributed by atoms with Gasteiger partial charge in [-0.05, 0) is 49.2 Å². The van der Waals surface area contributed by atoms with E-state index in [2.05, 4.69) is 5.32 Å². The standard InChI is InChI=1S/C27H30ClN3O4S/c1-4-25(27(33)29-3)30(18-21-15-13-20(2)14-16-21)26(32)19-31(23-10-8-9-22(28)17-23)36(34,35)24-11-6-5-7-12-24/h5-17,25H,4,18-19H2,1-3H3,(H,29,33)/t25-/m0/s1. The van der Waals surface area contributed by atoms with Crippen LogP contribution in [0.15, 0.2) is 83.8 Å². The first-order valence-electron chi connectivity index (χ1n) is 11.6. The number of nitrogens with zero attached hydrogens (tertiary/aromatic N) is 2. The molecule has 0 aromatic heterocycles. The van der Waals surface area contributed by atoms with Crippen LogP contribution in [0.3, 0.4) is 0 Å². The lowest BCUT2D eigenvalue weighted by molar-refractivity contribution is -0.140. The van der Waals surface area contributed by atoms with Gasteiger partial charge in [0.2, 0.25) is 11.8 Å². The molecular weight excluding hydrogens is 498 g/mol. The number of sulfonamides is 1. The van der Waals surface area contributed by atoms with Crippen molar-refractivity contribution in [3.05, 3.63) is 95.0 Å². The maximum Gasteiger partial charge on any atom is 0.264 e. The molecule has 3 aromatic rings. The van der Waals surface area contributed by atoms with Gasteiger partial charge in [-0.3, -0.25) is 13.9 Å². The Balaban J connectivity index is 2.04. The smallest absolute Gasteiger partial charge is 0.264 e. The first-order valence-corrected chi connectivity index (χ1v) is 13.4. The second kappa shape index (κ2) is 12.1. The summed E-state index contributed by atoms with van der Waals surface area (Å²) in [6.07, 6.45) is 0.361. The van der Waals surface area contributed by atoms with Crippen molar-refractivity contribution in [2.24, 2.45) is 0 Å². The first-order chi connectivity index (χ1) is 17.2. The van der Waals surface area contributed by atoms with Gasteiger partial charge in [0.15, 0.2) is 0 Å². The van der Waals surface area contributed by atoms with Crippen LogP contribution in [0.1, 0.15) is 24.5 Å². The predicted molar refractivity (Wildman–Crippen MR) is 142 cm³/mol. The summed E-state index contributed by atoms with van der Waals surface area (Å²) in [5, 5.41) is 2.95. The van der Waals surface area contributed by atoms with Crippen molar-refractivity contribution in [2.75, 3.05) is 17.9 Å². The molecule has 7 nitrogen and oxygen atoms in total. The quantitative estimate of drug-likeness (QED) is 0.423. The topological polar surface area (TPSA) is 86.8 Å². The molecule has 0 bridgehead atoms. The van der Waals surface area contributed by atoms with Crippen molar-refractivity contribution in [3.63, 3.8) is 0 Å². The molecule has 3 rings (SSSR count). The number of likely N-dealkylation sites (N-methyl/N-ethyl adjacent to an activating group) is 1. The molecule has 0 aliphatic rings. The number of aryl methyl sites for hydroxylation is 1. The summed E-state index contributed by atoms with van der Waals surface area (Å²) in [6, 6.07) is 21.1. The molecule has 0 saturated heterocycles. The lowest BCUT2D eigenvalue weighted by atomic mass is 10.1. The van der Waals surface area contributed by atoms with Gasteiger partial charge >= 0.3 is 0 Å². The number of benzene rings is 3. The van der Waals surface area contributed by atoms with E-state index in [0.717, 1.165) is 15.4 Å². The van der Waals surface area contributed by atoms with Crippen molar-refractivity contribution >= 4 is 39.1 Å². The Labute approximate surface area is 217 Å². The molecule has 36 heavy (non-hydrogen) atoms. The van der Waals surface area contributed by atoms with E-state index in [1.807, 2.05) is 38.1 Å². The van der Waals surface area contributed by atoms with Gasteiger partial charge in [0.1, 0.15) is 12.6 Å². The van der Waals surface area contributed by atoms with Gasteiger partial charge in [0.25, 0.3) is 10.0 Å². The minimum Gasteiger partial charge on any atom is -0.357 e. The third kappa shape index (κ3) is 6.44. The lowest BCUT2D eigenvalue weighted by Gasteiger charge is -2.33. The van der Waals surface area contributed by atoms with Crippen LogP contribution in [0.5, 0.6) is 0 Å². The Hall–Kier alpha value is -3.36. The second-order valence-corrected chi connectivity index (χ2v) is 10.6. The van der Waals surface area contributed by atoms with Crippen LogP contribution in [0, 0.1) is 6.92 Å². The summed E-state index contributed by atoms with van der Waals surface area (Å²) < 4.78 is 28.4. The molecule has 0 spiro atoms. The Kier molecular flexibility index (Phi) is 9.12. The maximum absolute atomic E-state index is 13.8. The Morgan fingerprint density at radius 2 is 1.64 bits per heavy atom. The van der Waals surface area contributed by atoms with E-state index < -0.39 is 28.5 Å². The van der Waals surface area contributed by atoms with E-state index in [9.17, 15) is 18.0 Å². The highest BCUT2D eigenvalue weighted by atomic mass is 35.5. The Morgan fingerprint density at radius 1 is 0.972 bits per heavy atom. The summed E-state index contributed by atoms with van der Waals surface area (Å²) in [6.45, 7) is 3.42. The molecule has 0 radical (unpaired) electrons. The predicted octanol–water partition coefficient (Wildman–Crippen LogP) is 4.40. The molecule has 1 atom stereocenters. The van der Waals surface area contributed by atoms with Crippen molar-refractivity contribution in [1.82, 2.24) is 10.2 Å². The molecule has 2 amide bonds. The third-order valence-corrected chi connectivity index (χ3v) is 7.84. The van der Waals surface area contributed by atoms with Gasteiger partial charge in [0, 0.05) is 18.6 Å². The van der Waals surface area contributed by atoms with E-state index in [-0.39, 0.29) is 23.0 Å². The van der Waals surface area contributed by atoms with Crippen LogP contribution in [0.2, 0.25) is 5.02 Å². The van der Waals surface area contributed by atoms with Gasteiger partial charge in [-0.25, -0.2) is 8.42 Å². The SMILES string of the molecule is CC[C@@H](C(=O)NC)N(Cc1ccc(C)cc1)C(=O)CN(c1cccc(Cl)c1)S(=O)(=O)c1ccccc1. The minimum absolute atomic E-state index is 0.0428. The summed E-state index contributed by atoms with van der Waals surface area (Å²) in [7, 11) is -2.60. The molecule has 0 heterocycles. The van der Waals surface area contributed by atoms with E-state index in [0.29, 0.717) is 11.4 Å². The van der Waals surface area contributed by atoms with Gasteiger partial charge in [0.05, 0.1) is 10.6 Å². The number of anilines is 1. The van der Waals surface area contributed by atoms with Gasteiger partial charge < -0.3 is 10.2 Å². The number of halogens is 1. The van der Waals surface area contributed by atoms with Crippen molar-refractivity contribution in [3.8, 4) is 0 Å². The molecule has 3 aromatic carbocycles. The summed E-state index contributed by atoms with van der Waals surface area (Å²) in [4.78, 5) is 28.0. The highest BCUT2D eigenvalue weighted by Gasteiger charge is 2.33. The molecular formula is C27H30ClN3O4S. The van der Waals surface area contributed by atoms with E-state index in [4.69, 9.17) is 11.6 Å². The number of nitrogens with one attached hydrogen (secondary N) is 1.